The van der Waals surface area contributed by atoms with Crippen LogP contribution in [0, 0.1) is 0 Å². The Morgan fingerprint density at radius 1 is 1.53 bits per heavy atom. The van der Waals surface area contributed by atoms with E-state index in [1.165, 1.54) is 6.42 Å². The lowest BCUT2D eigenvalue weighted by atomic mass is 9.89. The average Bonchev–Trinajstić information content (AvgIpc) is 2.18. The molecular formula is C11H21N3O. The van der Waals surface area contributed by atoms with Crippen LogP contribution in [-0.2, 0) is 4.74 Å². The molecule has 2 rings (SSSR count). The van der Waals surface area contributed by atoms with Crippen molar-refractivity contribution in [2.24, 2.45) is 4.99 Å². The van der Waals surface area contributed by atoms with E-state index in [1.807, 2.05) is 0 Å². The molecule has 0 aromatic rings. The highest BCUT2D eigenvalue weighted by molar-refractivity contribution is 5.80. The molecule has 4 heteroatoms. The zero-order valence-corrected chi connectivity index (χ0v) is 9.70. The first-order chi connectivity index (χ1) is 7.29. The van der Waals surface area contributed by atoms with Gasteiger partial charge in [0.25, 0.3) is 0 Å². The van der Waals surface area contributed by atoms with Crippen LogP contribution in [-0.4, -0.2) is 49.7 Å². The lowest BCUT2D eigenvalue weighted by molar-refractivity contribution is -0.00626. The highest BCUT2D eigenvalue weighted by atomic mass is 16.5. The van der Waals surface area contributed by atoms with Crippen LogP contribution in [0.2, 0.25) is 0 Å². The fraction of sp³-hybridized carbons (Fsp3) is 0.909. The molecule has 0 saturated heterocycles. The lowest BCUT2D eigenvalue weighted by Crippen LogP contribution is -2.53. The summed E-state index contributed by atoms with van der Waals surface area (Å²) in [7, 11) is 2.10. The van der Waals surface area contributed by atoms with E-state index in [1.54, 1.807) is 0 Å². The molecule has 0 unspecified atom stereocenters. The minimum Gasteiger partial charge on any atom is -0.378 e. The number of guanidine groups is 1. The number of aliphatic imine (C=N–C) groups is 1. The van der Waals surface area contributed by atoms with Crippen LogP contribution < -0.4 is 5.32 Å². The van der Waals surface area contributed by atoms with Crippen LogP contribution in [0.15, 0.2) is 4.99 Å². The van der Waals surface area contributed by atoms with E-state index in [0.29, 0.717) is 12.1 Å². The third-order valence-corrected chi connectivity index (χ3v) is 3.11. The van der Waals surface area contributed by atoms with Gasteiger partial charge in [-0.25, -0.2) is 0 Å². The molecule has 1 N–H and O–H groups in total. The summed E-state index contributed by atoms with van der Waals surface area (Å²) in [6.07, 6.45) is 3.90. The summed E-state index contributed by atoms with van der Waals surface area (Å²) in [4.78, 5) is 6.70. The minimum absolute atomic E-state index is 0.474. The first-order valence-corrected chi connectivity index (χ1v) is 5.93. The van der Waals surface area contributed by atoms with Crippen molar-refractivity contribution in [3.63, 3.8) is 0 Å². The second kappa shape index (κ2) is 4.84. The number of hydrogen-bond donors (Lipinski definition) is 1. The first-order valence-electron chi connectivity index (χ1n) is 5.93. The van der Waals surface area contributed by atoms with E-state index in [9.17, 15) is 0 Å². The number of hydrogen-bond acceptors (Lipinski definition) is 4. The zero-order chi connectivity index (χ0) is 10.7. The largest absolute Gasteiger partial charge is 0.378 e. The highest BCUT2D eigenvalue weighted by Gasteiger charge is 2.30. The summed E-state index contributed by atoms with van der Waals surface area (Å²) in [5, 5.41) is 3.49. The molecule has 0 aromatic heterocycles. The van der Waals surface area contributed by atoms with Gasteiger partial charge in [-0.1, -0.05) is 0 Å². The molecule has 1 aliphatic carbocycles. The van der Waals surface area contributed by atoms with Gasteiger partial charge >= 0.3 is 0 Å². The Bertz CT molecular complexity index is 236. The number of nitrogens with zero attached hydrogens (tertiary/aromatic N) is 2. The van der Waals surface area contributed by atoms with Gasteiger partial charge in [0.1, 0.15) is 0 Å². The molecule has 2 aliphatic rings. The monoisotopic (exact) mass is 211 g/mol. The quantitative estimate of drug-likeness (QED) is 0.751. The van der Waals surface area contributed by atoms with Gasteiger partial charge in [-0.05, 0) is 26.2 Å². The minimum atomic E-state index is 0.474. The molecular weight excluding hydrogens is 190 g/mol. The van der Waals surface area contributed by atoms with Gasteiger partial charge in [0.05, 0.1) is 6.10 Å². The Hall–Kier alpha value is -0.770. The second-order valence-electron chi connectivity index (χ2n) is 4.37. The summed E-state index contributed by atoms with van der Waals surface area (Å²) >= 11 is 0. The van der Waals surface area contributed by atoms with E-state index in [-0.39, 0.29) is 0 Å². The smallest absolute Gasteiger partial charge is 0.193 e. The molecule has 15 heavy (non-hydrogen) atoms. The van der Waals surface area contributed by atoms with Crippen molar-refractivity contribution in [2.75, 3.05) is 26.7 Å². The lowest BCUT2D eigenvalue weighted by Gasteiger charge is -2.38. The van der Waals surface area contributed by atoms with Crippen LogP contribution in [0.4, 0.5) is 0 Å². The standard InChI is InChI=1S/C11H21N3O/c1-3-15-10-7-9(8-10)13-11-12-5-4-6-14(11)2/h9-10H,3-8H2,1-2H3,(H,12,13). The topological polar surface area (TPSA) is 36.9 Å². The Kier molecular flexibility index (Phi) is 3.46. The number of nitrogens with one attached hydrogen (secondary N) is 1. The van der Waals surface area contributed by atoms with E-state index in [2.05, 4.69) is 29.2 Å². The van der Waals surface area contributed by atoms with Crippen molar-refractivity contribution >= 4 is 5.96 Å². The van der Waals surface area contributed by atoms with Gasteiger partial charge in [0.15, 0.2) is 5.96 Å². The normalized spacial score (nSPS) is 30.8. The Balaban J connectivity index is 1.72. The van der Waals surface area contributed by atoms with Crippen molar-refractivity contribution in [1.29, 1.82) is 0 Å². The van der Waals surface area contributed by atoms with Crippen LogP contribution in [0.3, 0.4) is 0 Å². The third kappa shape index (κ3) is 2.62. The molecule has 0 atom stereocenters. The third-order valence-electron chi connectivity index (χ3n) is 3.11. The molecule has 0 spiro atoms. The number of ether oxygens (including phenoxy) is 1. The highest BCUT2D eigenvalue weighted by Crippen LogP contribution is 2.23. The van der Waals surface area contributed by atoms with Gasteiger partial charge in [-0.15, -0.1) is 0 Å². The maximum atomic E-state index is 5.53. The molecule has 4 nitrogen and oxygen atoms in total. The van der Waals surface area contributed by atoms with E-state index >= 15 is 0 Å². The Morgan fingerprint density at radius 3 is 3.00 bits per heavy atom. The maximum Gasteiger partial charge on any atom is 0.193 e. The van der Waals surface area contributed by atoms with Crippen LogP contribution in [0.1, 0.15) is 26.2 Å². The molecule has 86 valence electrons. The fourth-order valence-electron chi connectivity index (χ4n) is 2.11. The van der Waals surface area contributed by atoms with Crippen LogP contribution in [0.25, 0.3) is 0 Å². The molecule has 0 aromatic carbocycles. The van der Waals surface area contributed by atoms with Gasteiger partial charge in [-0.3, -0.25) is 4.99 Å². The fourth-order valence-corrected chi connectivity index (χ4v) is 2.11. The molecule has 1 heterocycles. The molecule has 0 radical (unpaired) electrons. The van der Waals surface area contributed by atoms with Gasteiger partial charge in [0, 0.05) is 32.8 Å². The number of rotatable bonds is 3. The first kappa shape index (κ1) is 10.7. The van der Waals surface area contributed by atoms with Crippen molar-refractivity contribution in [3.8, 4) is 0 Å². The van der Waals surface area contributed by atoms with E-state index < -0.39 is 0 Å². The Labute approximate surface area is 91.7 Å². The maximum absolute atomic E-state index is 5.53. The molecule has 1 saturated carbocycles. The Morgan fingerprint density at radius 2 is 2.33 bits per heavy atom. The second-order valence-corrected chi connectivity index (χ2v) is 4.37. The SMILES string of the molecule is CCOC1CC(NC2=NCCCN2C)C1. The average molecular weight is 211 g/mol. The van der Waals surface area contributed by atoms with Crippen molar-refractivity contribution in [3.05, 3.63) is 0 Å². The van der Waals surface area contributed by atoms with Crippen LogP contribution >= 0.6 is 0 Å². The van der Waals surface area contributed by atoms with Crippen molar-refractivity contribution < 1.29 is 4.74 Å². The van der Waals surface area contributed by atoms with Gasteiger partial charge in [0.2, 0.25) is 0 Å². The summed E-state index contributed by atoms with van der Waals surface area (Å²) in [5.74, 6) is 1.07. The zero-order valence-electron chi connectivity index (χ0n) is 9.70. The predicted molar refractivity (Wildman–Crippen MR) is 61.1 cm³/mol. The van der Waals surface area contributed by atoms with Crippen molar-refractivity contribution in [1.82, 2.24) is 10.2 Å². The summed E-state index contributed by atoms with van der Waals surface area (Å²) < 4.78 is 5.53. The predicted octanol–water partition coefficient (Wildman–Crippen LogP) is 0.835. The van der Waals surface area contributed by atoms with Crippen LogP contribution in [0.5, 0.6) is 0 Å². The molecule has 1 fully saturated rings. The van der Waals surface area contributed by atoms with E-state index in [0.717, 1.165) is 38.5 Å². The molecule has 0 bridgehead atoms. The van der Waals surface area contributed by atoms with Crippen molar-refractivity contribution in [2.45, 2.75) is 38.3 Å². The summed E-state index contributed by atoms with van der Waals surface area (Å²) in [6, 6.07) is 0.570. The molecule has 1 aliphatic heterocycles. The summed E-state index contributed by atoms with van der Waals surface area (Å²) in [6.45, 7) is 4.97. The van der Waals surface area contributed by atoms with E-state index in [4.69, 9.17) is 4.74 Å². The van der Waals surface area contributed by atoms with Gasteiger partial charge < -0.3 is 15.0 Å². The van der Waals surface area contributed by atoms with Gasteiger partial charge in [-0.2, -0.15) is 0 Å². The molecule has 0 amide bonds. The summed E-state index contributed by atoms with van der Waals surface area (Å²) in [5.41, 5.74) is 0.